The minimum Gasteiger partial charge on any atom is -0.493 e. The summed E-state index contributed by atoms with van der Waals surface area (Å²) in [6, 6.07) is 9.10. The fourth-order valence-electron chi connectivity index (χ4n) is 2.39. The zero-order chi connectivity index (χ0) is 17.6. The fourth-order valence-corrected chi connectivity index (χ4v) is 3.14. The molecule has 0 radical (unpaired) electrons. The molecule has 0 unspecified atom stereocenters. The SMILES string of the molecule is COc1ccc(NC(=O)[C@H](Cc2cccs2)c2nn[nH]n2)cc1OC. The van der Waals surface area contributed by atoms with Gasteiger partial charge in [0.15, 0.2) is 17.3 Å². The van der Waals surface area contributed by atoms with Crippen molar-refractivity contribution in [3.05, 3.63) is 46.4 Å². The van der Waals surface area contributed by atoms with Crippen LogP contribution in [0.5, 0.6) is 11.5 Å². The second-order valence-corrected chi connectivity index (χ2v) is 6.20. The average Bonchev–Trinajstić information content (AvgIpc) is 3.33. The Morgan fingerprint density at radius 1 is 1.28 bits per heavy atom. The van der Waals surface area contributed by atoms with Crippen LogP contribution in [0.2, 0.25) is 0 Å². The third kappa shape index (κ3) is 3.94. The molecule has 0 saturated carbocycles. The predicted molar refractivity (Wildman–Crippen MR) is 93.1 cm³/mol. The van der Waals surface area contributed by atoms with Gasteiger partial charge < -0.3 is 14.8 Å². The molecule has 1 aromatic carbocycles. The monoisotopic (exact) mass is 359 g/mol. The smallest absolute Gasteiger partial charge is 0.235 e. The van der Waals surface area contributed by atoms with Crippen molar-refractivity contribution in [3.63, 3.8) is 0 Å². The number of amides is 1. The lowest BCUT2D eigenvalue weighted by Gasteiger charge is -2.14. The number of rotatable bonds is 7. The van der Waals surface area contributed by atoms with E-state index in [0.29, 0.717) is 29.4 Å². The van der Waals surface area contributed by atoms with Crippen LogP contribution < -0.4 is 14.8 Å². The van der Waals surface area contributed by atoms with E-state index in [1.165, 1.54) is 0 Å². The first kappa shape index (κ1) is 16.9. The van der Waals surface area contributed by atoms with Crippen LogP contribution in [-0.4, -0.2) is 40.8 Å². The number of nitrogens with one attached hydrogen (secondary N) is 2. The van der Waals surface area contributed by atoms with Crippen LogP contribution >= 0.6 is 11.3 Å². The molecule has 0 bridgehead atoms. The molecule has 0 saturated heterocycles. The maximum atomic E-state index is 12.8. The van der Waals surface area contributed by atoms with Gasteiger partial charge in [0.2, 0.25) is 5.91 Å². The third-order valence-corrected chi connectivity index (χ3v) is 4.53. The van der Waals surface area contributed by atoms with Crippen molar-refractivity contribution in [2.45, 2.75) is 12.3 Å². The molecule has 8 nitrogen and oxygen atoms in total. The van der Waals surface area contributed by atoms with Crippen molar-refractivity contribution in [2.75, 3.05) is 19.5 Å². The van der Waals surface area contributed by atoms with Crippen LogP contribution in [0.3, 0.4) is 0 Å². The van der Waals surface area contributed by atoms with Crippen LogP contribution in [0.15, 0.2) is 35.7 Å². The number of hydrogen-bond acceptors (Lipinski definition) is 7. The zero-order valence-corrected chi connectivity index (χ0v) is 14.5. The summed E-state index contributed by atoms with van der Waals surface area (Å²) in [5.74, 6) is 0.711. The van der Waals surface area contributed by atoms with Crippen molar-refractivity contribution >= 4 is 22.9 Å². The highest BCUT2D eigenvalue weighted by atomic mass is 32.1. The number of anilines is 1. The van der Waals surface area contributed by atoms with Gasteiger partial charge >= 0.3 is 0 Å². The molecular formula is C16H17N5O3S. The molecule has 3 aromatic rings. The Balaban J connectivity index is 1.81. The van der Waals surface area contributed by atoms with Gasteiger partial charge in [-0.25, -0.2) is 0 Å². The standard InChI is InChI=1S/C16H17N5O3S/c1-23-13-6-5-10(8-14(13)24-2)17-16(22)12(15-18-20-21-19-15)9-11-4-3-7-25-11/h3-8,12H,9H2,1-2H3,(H,17,22)(H,18,19,20,21)/t12-/m1/s1. The maximum Gasteiger partial charge on any atom is 0.235 e. The van der Waals surface area contributed by atoms with Crippen LogP contribution in [-0.2, 0) is 11.2 Å². The molecule has 130 valence electrons. The Morgan fingerprint density at radius 3 is 2.76 bits per heavy atom. The zero-order valence-electron chi connectivity index (χ0n) is 13.7. The van der Waals surface area contributed by atoms with E-state index >= 15 is 0 Å². The Labute approximate surface area is 148 Å². The number of methoxy groups -OCH3 is 2. The van der Waals surface area contributed by atoms with E-state index in [1.807, 2.05) is 17.5 Å². The highest BCUT2D eigenvalue weighted by Crippen LogP contribution is 2.30. The summed E-state index contributed by atoms with van der Waals surface area (Å²) >= 11 is 1.58. The second kappa shape index (κ2) is 7.75. The van der Waals surface area contributed by atoms with Crippen molar-refractivity contribution in [2.24, 2.45) is 0 Å². The number of aromatic amines is 1. The maximum absolute atomic E-state index is 12.8. The Hall–Kier alpha value is -2.94. The summed E-state index contributed by atoms with van der Waals surface area (Å²) < 4.78 is 10.5. The molecule has 0 fully saturated rings. The van der Waals surface area contributed by atoms with E-state index in [9.17, 15) is 4.79 Å². The minimum absolute atomic E-state index is 0.220. The van der Waals surface area contributed by atoms with E-state index in [2.05, 4.69) is 25.9 Å². The van der Waals surface area contributed by atoms with Crippen LogP contribution in [0.4, 0.5) is 5.69 Å². The number of benzene rings is 1. The van der Waals surface area contributed by atoms with Crippen molar-refractivity contribution < 1.29 is 14.3 Å². The molecule has 0 aliphatic carbocycles. The quantitative estimate of drug-likeness (QED) is 0.671. The van der Waals surface area contributed by atoms with Crippen molar-refractivity contribution in [1.82, 2.24) is 20.6 Å². The van der Waals surface area contributed by atoms with Crippen molar-refractivity contribution in [3.8, 4) is 11.5 Å². The van der Waals surface area contributed by atoms with E-state index in [1.54, 1.807) is 43.8 Å². The molecule has 2 heterocycles. The normalized spacial score (nSPS) is 11.8. The number of aromatic nitrogens is 4. The number of ether oxygens (including phenoxy) is 2. The number of thiophene rings is 1. The van der Waals surface area contributed by atoms with Gasteiger partial charge in [0, 0.05) is 23.1 Å². The summed E-state index contributed by atoms with van der Waals surface area (Å²) in [5.41, 5.74) is 0.599. The lowest BCUT2D eigenvalue weighted by atomic mass is 10.0. The van der Waals surface area contributed by atoms with Gasteiger partial charge in [-0.3, -0.25) is 4.79 Å². The summed E-state index contributed by atoms with van der Waals surface area (Å²) in [6.45, 7) is 0. The molecule has 3 rings (SSSR count). The van der Waals surface area contributed by atoms with E-state index in [-0.39, 0.29) is 5.91 Å². The molecule has 0 aliphatic heterocycles. The van der Waals surface area contributed by atoms with E-state index in [4.69, 9.17) is 9.47 Å². The Bertz CT molecular complexity index is 820. The van der Waals surface area contributed by atoms with Gasteiger partial charge in [-0.1, -0.05) is 11.3 Å². The minimum atomic E-state index is -0.550. The molecule has 25 heavy (non-hydrogen) atoms. The fraction of sp³-hybridized carbons (Fsp3) is 0.250. The van der Waals surface area contributed by atoms with E-state index in [0.717, 1.165) is 4.88 Å². The van der Waals surface area contributed by atoms with Crippen LogP contribution in [0.1, 0.15) is 16.6 Å². The molecular weight excluding hydrogens is 342 g/mol. The molecule has 2 N–H and O–H groups in total. The molecule has 0 spiro atoms. The Morgan fingerprint density at radius 2 is 2.12 bits per heavy atom. The second-order valence-electron chi connectivity index (χ2n) is 5.17. The molecule has 2 aromatic heterocycles. The lowest BCUT2D eigenvalue weighted by molar-refractivity contribution is -0.117. The summed E-state index contributed by atoms with van der Waals surface area (Å²) in [4.78, 5) is 13.9. The van der Waals surface area contributed by atoms with E-state index < -0.39 is 5.92 Å². The number of H-pyrrole nitrogens is 1. The van der Waals surface area contributed by atoms with Crippen molar-refractivity contribution in [1.29, 1.82) is 0 Å². The first-order chi connectivity index (χ1) is 12.2. The highest BCUT2D eigenvalue weighted by molar-refractivity contribution is 7.09. The summed E-state index contributed by atoms with van der Waals surface area (Å²) in [6.07, 6.45) is 0.496. The van der Waals surface area contributed by atoms with Crippen LogP contribution in [0.25, 0.3) is 0 Å². The Kier molecular flexibility index (Phi) is 5.24. The molecule has 1 atom stereocenters. The summed E-state index contributed by atoms with van der Waals surface area (Å²) in [5, 5.41) is 18.8. The first-order valence-corrected chi connectivity index (χ1v) is 8.38. The highest BCUT2D eigenvalue weighted by Gasteiger charge is 2.26. The molecule has 9 heteroatoms. The number of tetrazole rings is 1. The largest absolute Gasteiger partial charge is 0.493 e. The van der Waals surface area contributed by atoms with Gasteiger partial charge in [0.05, 0.1) is 14.2 Å². The number of hydrogen-bond donors (Lipinski definition) is 2. The van der Waals surface area contributed by atoms with Gasteiger partial charge in [-0.15, -0.1) is 21.5 Å². The lowest BCUT2D eigenvalue weighted by Crippen LogP contribution is -2.24. The first-order valence-electron chi connectivity index (χ1n) is 7.50. The number of carbonyl (C=O) groups excluding carboxylic acids is 1. The topological polar surface area (TPSA) is 102 Å². The van der Waals surface area contributed by atoms with Gasteiger partial charge in [0.1, 0.15) is 5.92 Å². The molecule has 0 aliphatic rings. The van der Waals surface area contributed by atoms with Crippen LogP contribution in [0, 0.1) is 0 Å². The summed E-state index contributed by atoms with van der Waals surface area (Å²) in [7, 11) is 3.10. The molecule has 1 amide bonds. The third-order valence-electron chi connectivity index (χ3n) is 3.63. The van der Waals surface area contributed by atoms with Gasteiger partial charge in [-0.2, -0.15) is 5.21 Å². The number of nitrogens with zero attached hydrogens (tertiary/aromatic N) is 3. The predicted octanol–water partition coefficient (Wildman–Crippen LogP) is 2.24. The number of carbonyl (C=O) groups is 1. The van der Waals surface area contributed by atoms with Gasteiger partial charge in [0.25, 0.3) is 0 Å². The average molecular weight is 359 g/mol. The van der Waals surface area contributed by atoms with Gasteiger partial charge in [-0.05, 0) is 23.6 Å².